The standard InChI is InChI=1S/C16H17NO4S/c18-16-17(14(10-21-16)12-4-2-1-3-5-12)22(19,20)15-9-11-6-7-13(15)8-11/h1-7,11,13-15H,8-10H2/t11?,13?,14-,15?/m0/s1. The van der Waals surface area contributed by atoms with E-state index in [4.69, 9.17) is 4.74 Å². The number of rotatable bonds is 3. The molecule has 22 heavy (non-hydrogen) atoms. The second kappa shape index (κ2) is 4.84. The minimum atomic E-state index is -3.71. The molecular weight excluding hydrogens is 302 g/mol. The van der Waals surface area contributed by atoms with Gasteiger partial charge in [0.05, 0.1) is 5.25 Å². The molecule has 2 fully saturated rings. The molecule has 2 bridgehead atoms. The quantitative estimate of drug-likeness (QED) is 0.803. The van der Waals surface area contributed by atoms with Crippen LogP contribution in [0.4, 0.5) is 4.79 Å². The largest absolute Gasteiger partial charge is 0.446 e. The van der Waals surface area contributed by atoms with Crippen molar-refractivity contribution in [3.63, 3.8) is 0 Å². The topological polar surface area (TPSA) is 63.7 Å². The second-order valence-corrected chi connectivity index (χ2v) is 8.19. The molecule has 2 aliphatic carbocycles. The molecule has 1 amide bonds. The number of fused-ring (bicyclic) bond motifs is 2. The van der Waals surface area contributed by atoms with E-state index in [0.29, 0.717) is 12.3 Å². The summed E-state index contributed by atoms with van der Waals surface area (Å²) in [5, 5.41) is -0.501. The summed E-state index contributed by atoms with van der Waals surface area (Å²) in [4.78, 5) is 12.1. The van der Waals surface area contributed by atoms with Gasteiger partial charge in [-0.25, -0.2) is 13.2 Å². The molecule has 3 aliphatic rings. The van der Waals surface area contributed by atoms with Crippen LogP contribution in [0.1, 0.15) is 24.4 Å². The molecule has 1 saturated heterocycles. The molecule has 0 spiro atoms. The van der Waals surface area contributed by atoms with Gasteiger partial charge in [0.25, 0.3) is 0 Å². The first-order valence-corrected chi connectivity index (χ1v) is 9.01. The number of cyclic esters (lactones) is 1. The predicted octanol–water partition coefficient (Wildman–Crippen LogP) is 2.47. The van der Waals surface area contributed by atoms with Crippen LogP contribution in [0.15, 0.2) is 42.5 Å². The fourth-order valence-corrected chi connectivity index (χ4v) is 6.04. The Morgan fingerprint density at radius 2 is 1.86 bits per heavy atom. The van der Waals surface area contributed by atoms with E-state index in [0.717, 1.165) is 16.3 Å². The van der Waals surface area contributed by atoms with Crippen molar-refractivity contribution in [1.29, 1.82) is 0 Å². The van der Waals surface area contributed by atoms with E-state index in [9.17, 15) is 13.2 Å². The Hall–Kier alpha value is -1.82. The Kier molecular flexibility index (Phi) is 3.04. The molecule has 1 aliphatic heterocycles. The van der Waals surface area contributed by atoms with Gasteiger partial charge < -0.3 is 4.74 Å². The zero-order valence-corrected chi connectivity index (χ0v) is 12.8. The number of ether oxygens (including phenoxy) is 1. The van der Waals surface area contributed by atoms with Gasteiger partial charge in [-0.15, -0.1) is 0 Å². The van der Waals surface area contributed by atoms with Gasteiger partial charge in [0.15, 0.2) is 0 Å². The Morgan fingerprint density at radius 1 is 1.09 bits per heavy atom. The molecule has 116 valence electrons. The third-order valence-corrected chi connectivity index (χ3v) is 7.15. The van der Waals surface area contributed by atoms with E-state index in [-0.39, 0.29) is 12.5 Å². The summed E-state index contributed by atoms with van der Waals surface area (Å²) in [7, 11) is -3.71. The molecule has 4 rings (SSSR count). The first kappa shape index (κ1) is 13.8. The van der Waals surface area contributed by atoms with Gasteiger partial charge >= 0.3 is 6.09 Å². The average molecular weight is 319 g/mol. The molecule has 1 aromatic carbocycles. The normalized spacial score (nSPS) is 33.5. The lowest BCUT2D eigenvalue weighted by Gasteiger charge is -2.27. The van der Waals surface area contributed by atoms with Crippen LogP contribution in [0, 0.1) is 11.8 Å². The monoisotopic (exact) mass is 319 g/mol. The second-order valence-electron chi connectivity index (χ2n) is 6.16. The number of sulfonamides is 1. The van der Waals surface area contributed by atoms with Crippen LogP contribution in [0.25, 0.3) is 0 Å². The lowest BCUT2D eigenvalue weighted by atomic mass is 10.1. The van der Waals surface area contributed by atoms with Crippen molar-refractivity contribution in [1.82, 2.24) is 4.31 Å². The summed E-state index contributed by atoms with van der Waals surface area (Å²) in [5.41, 5.74) is 0.788. The first-order chi connectivity index (χ1) is 10.6. The summed E-state index contributed by atoms with van der Waals surface area (Å²) in [6.45, 7) is 0.0821. The van der Waals surface area contributed by atoms with Crippen molar-refractivity contribution >= 4 is 16.1 Å². The maximum absolute atomic E-state index is 13.0. The van der Waals surface area contributed by atoms with Gasteiger partial charge in [-0.1, -0.05) is 42.5 Å². The van der Waals surface area contributed by atoms with Crippen molar-refractivity contribution in [2.45, 2.75) is 24.1 Å². The van der Waals surface area contributed by atoms with E-state index in [1.807, 2.05) is 36.4 Å². The number of allylic oxidation sites excluding steroid dienone is 2. The molecule has 0 radical (unpaired) electrons. The molecule has 3 unspecified atom stereocenters. The minimum absolute atomic E-state index is 0.0276. The Labute approximate surface area is 129 Å². The highest BCUT2D eigenvalue weighted by molar-refractivity contribution is 7.90. The fraction of sp³-hybridized carbons (Fsp3) is 0.438. The van der Waals surface area contributed by atoms with E-state index in [1.54, 1.807) is 0 Å². The number of carbonyl (C=O) groups is 1. The van der Waals surface area contributed by atoms with Crippen LogP contribution < -0.4 is 0 Å². The van der Waals surface area contributed by atoms with Crippen molar-refractivity contribution in [2.75, 3.05) is 6.61 Å². The maximum Gasteiger partial charge on any atom is 0.424 e. The van der Waals surface area contributed by atoms with Crippen molar-refractivity contribution < 1.29 is 17.9 Å². The van der Waals surface area contributed by atoms with Crippen molar-refractivity contribution in [3.8, 4) is 0 Å². The predicted molar refractivity (Wildman–Crippen MR) is 80.4 cm³/mol. The average Bonchev–Trinajstić information content (AvgIpc) is 3.23. The summed E-state index contributed by atoms with van der Waals surface area (Å²) in [6.07, 6.45) is 4.81. The van der Waals surface area contributed by atoms with Gasteiger partial charge in [0, 0.05) is 0 Å². The first-order valence-electron chi connectivity index (χ1n) is 7.50. The van der Waals surface area contributed by atoms with Crippen molar-refractivity contribution in [2.24, 2.45) is 11.8 Å². The maximum atomic E-state index is 13.0. The highest BCUT2D eigenvalue weighted by Gasteiger charge is 2.51. The highest BCUT2D eigenvalue weighted by atomic mass is 32.2. The Bertz CT molecular complexity index is 728. The molecule has 0 N–H and O–H groups in total. The smallest absolute Gasteiger partial charge is 0.424 e. The van der Waals surface area contributed by atoms with Crippen LogP contribution in [-0.2, 0) is 14.8 Å². The van der Waals surface area contributed by atoms with E-state index >= 15 is 0 Å². The zero-order chi connectivity index (χ0) is 15.3. The minimum Gasteiger partial charge on any atom is -0.446 e. The summed E-state index contributed by atoms with van der Waals surface area (Å²) in [6, 6.07) is 8.64. The third-order valence-electron chi connectivity index (χ3n) is 4.89. The van der Waals surface area contributed by atoms with Gasteiger partial charge in [0.1, 0.15) is 12.6 Å². The number of amides is 1. The van der Waals surface area contributed by atoms with Crippen LogP contribution >= 0.6 is 0 Å². The Balaban J connectivity index is 1.70. The fourth-order valence-electron chi connectivity index (χ4n) is 3.82. The number of hydrogen-bond acceptors (Lipinski definition) is 4. The molecule has 5 nitrogen and oxygen atoms in total. The number of carbonyl (C=O) groups excluding carboxylic acids is 1. The van der Waals surface area contributed by atoms with Crippen LogP contribution in [0.2, 0.25) is 0 Å². The van der Waals surface area contributed by atoms with Crippen molar-refractivity contribution in [3.05, 3.63) is 48.0 Å². The lowest BCUT2D eigenvalue weighted by molar-refractivity contribution is 0.169. The van der Waals surface area contributed by atoms with E-state index < -0.39 is 27.4 Å². The molecule has 4 atom stereocenters. The molecule has 6 heteroatoms. The molecule has 0 aromatic heterocycles. The van der Waals surface area contributed by atoms with Gasteiger partial charge in [0.2, 0.25) is 10.0 Å². The number of benzene rings is 1. The Morgan fingerprint density at radius 3 is 2.50 bits per heavy atom. The third kappa shape index (κ3) is 1.97. The van der Waals surface area contributed by atoms with Crippen LogP contribution in [-0.4, -0.2) is 30.7 Å². The molecule has 1 aromatic rings. The lowest BCUT2D eigenvalue weighted by Crippen LogP contribution is -2.42. The zero-order valence-electron chi connectivity index (χ0n) is 12.0. The van der Waals surface area contributed by atoms with Crippen LogP contribution in [0.5, 0.6) is 0 Å². The molecule has 1 heterocycles. The number of nitrogens with zero attached hydrogens (tertiary/aromatic N) is 1. The van der Waals surface area contributed by atoms with E-state index in [2.05, 4.69) is 6.08 Å². The summed E-state index contributed by atoms with van der Waals surface area (Å²) >= 11 is 0. The van der Waals surface area contributed by atoms with Crippen LogP contribution in [0.3, 0.4) is 0 Å². The summed E-state index contributed by atoms with van der Waals surface area (Å²) < 4.78 is 32.0. The number of hydrogen-bond donors (Lipinski definition) is 0. The summed E-state index contributed by atoms with van der Waals surface area (Å²) in [5.74, 6) is 0.360. The van der Waals surface area contributed by atoms with E-state index in [1.165, 1.54) is 0 Å². The van der Waals surface area contributed by atoms with Gasteiger partial charge in [-0.05, 0) is 30.2 Å². The molecular formula is C16H17NO4S. The SMILES string of the molecule is O=C1OC[C@@H](c2ccccc2)N1S(=O)(=O)C1CC2C=CC1C2. The van der Waals surface area contributed by atoms with Gasteiger partial charge in [-0.2, -0.15) is 4.31 Å². The highest BCUT2D eigenvalue weighted by Crippen LogP contribution is 2.45. The van der Waals surface area contributed by atoms with Gasteiger partial charge in [-0.3, -0.25) is 0 Å². The molecule has 1 saturated carbocycles.